The first kappa shape index (κ1) is 42.4. The second kappa shape index (κ2) is 21.7. The van der Waals surface area contributed by atoms with Crippen molar-refractivity contribution in [2.75, 3.05) is 0 Å². The largest absolute Gasteiger partial charge is 0.238 e. The van der Waals surface area contributed by atoms with Crippen LogP contribution in [0, 0.1) is 246 Å². The maximum absolute atomic E-state index is 7.25. The van der Waals surface area contributed by atoms with Crippen molar-refractivity contribution >= 4 is 53.1 Å². The standard InChI is InChI=1S/C15H12N2P2S.6Ar/c1-8-9(16-2)4-6-11(18)13(8)14-12(19)7-5-10(17-3)15(14)20;;;;;;/h4-7,20H,18-19H2,1H3;;;;;;. The molecule has 26 heavy (non-hydrogen) atoms. The predicted octanol–water partition coefficient (Wildman–Crippen LogP) is 4.05. The fourth-order valence-electron chi connectivity index (χ4n) is 2.12. The molecule has 11 heteroatoms. The number of rotatable bonds is 1. The van der Waals surface area contributed by atoms with Crippen molar-refractivity contribution in [1.29, 1.82) is 0 Å². The van der Waals surface area contributed by atoms with E-state index in [1.54, 1.807) is 6.07 Å². The van der Waals surface area contributed by atoms with Gasteiger partial charge in [0, 0.05) is 231 Å². The molecular formula is C15H12Ar6N2P2S. The molecule has 0 aliphatic heterocycles. The summed E-state index contributed by atoms with van der Waals surface area (Å²) in [4.78, 5) is 7.70. The van der Waals surface area contributed by atoms with Crippen LogP contribution in [0.25, 0.3) is 20.8 Å². The summed E-state index contributed by atoms with van der Waals surface area (Å²) in [5.41, 5.74) is 3.92. The number of thiol groups is 1. The van der Waals surface area contributed by atoms with E-state index in [1.165, 1.54) is 0 Å². The van der Waals surface area contributed by atoms with Crippen molar-refractivity contribution in [3.63, 3.8) is 0 Å². The van der Waals surface area contributed by atoms with E-state index in [9.17, 15) is 0 Å². The molecule has 0 heterocycles. The van der Waals surface area contributed by atoms with Crippen molar-refractivity contribution in [1.82, 2.24) is 0 Å². The average molecular weight is 554 g/mol. The molecule has 0 bridgehead atoms. The molecule has 0 aliphatic rings. The van der Waals surface area contributed by atoms with E-state index in [4.69, 9.17) is 13.1 Å². The Morgan fingerprint density at radius 2 is 1.12 bits per heavy atom. The molecule has 2 atom stereocenters. The first-order valence-electron chi connectivity index (χ1n) is 5.77. The number of hydrogen-bond acceptors (Lipinski definition) is 1. The molecule has 2 aromatic rings. The Hall–Kier alpha value is 6.19. The maximum atomic E-state index is 7.25. The van der Waals surface area contributed by atoms with E-state index in [2.05, 4.69) is 40.8 Å². The molecule has 2 aromatic carbocycles. The van der Waals surface area contributed by atoms with Crippen molar-refractivity contribution < 1.29 is 226 Å². The summed E-state index contributed by atoms with van der Waals surface area (Å²) >= 11 is 4.52. The van der Waals surface area contributed by atoms with Gasteiger partial charge < -0.3 is 0 Å². The molecule has 0 N–H and O–H groups in total. The second-order valence-corrected chi connectivity index (χ2v) is 5.99. The molecule has 0 amide bonds. The van der Waals surface area contributed by atoms with Gasteiger partial charge in [0.2, 0.25) is 5.69 Å². The maximum Gasteiger partial charge on any atom is 0.200 e. The van der Waals surface area contributed by atoms with Gasteiger partial charge in [0.15, 0.2) is 5.69 Å². The predicted molar refractivity (Wildman–Crippen MR) is 95.1 cm³/mol. The van der Waals surface area contributed by atoms with Gasteiger partial charge in [-0.1, -0.05) is 24.3 Å². The molecule has 2 rings (SSSR count). The van der Waals surface area contributed by atoms with Crippen molar-refractivity contribution in [3.05, 3.63) is 52.7 Å². The normalized spacial score (nSPS) is 7.62. The zero-order valence-electron chi connectivity index (χ0n) is 12.9. The van der Waals surface area contributed by atoms with Crippen LogP contribution < -0.4 is 10.6 Å². The number of hydrogen-bond donors (Lipinski definition) is 1. The van der Waals surface area contributed by atoms with E-state index in [1.807, 2.05) is 25.1 Å². The second-order valence-electron chi connectivity index (χ2n) is 4.30. The van der Waals surface area contributed by atoms with Gasteiger partial charge in [-0.15, -0.1) is 18.5 Å². The van der Waals surface area contributed by atoms with Gasteiger partial charge in [-0.3, -0.25) is 0 Å². The molecule has 2 unspecified atom stereocenters. The van der Waals surface area contributed by atoms with Gasteiger partial charge in [0.1, 0.15) is 0 Å². The van der Waals surface area contributed by atoms with Crippen molar-refractivity contribution in [2.45, 2.75) is 11.8 Å². The first-order valence-corrected chi connectivity index (χ1v) is 7.37. The minimum absolute atomic E-state index is 0. The Morgan fingerprint density at radius 1 is 0.731 bits per heavy atom. The third-order valence-corrected chi connectivity index (χ3v) is 4.56. The Labute approximate surface area is 345 Å². The topological polar surface area (TPSA) is 8.72 Å². The SMILES string of the molecule is [Ar].[Ar].[Ar].[Ar].[Ar].[Ar].[C-]#[N+]c1ccc(P)c(-c2c(P)ccc([N+]#[C-])c2S)c1C. The van der Waals surface area contributed by atoms with Crippen LogP contribution >= 0.6 is 31.1 Å². The Morgan fingerprint density at radius 3 is 1.54 bits per heavy atom. The minimum Gasteiger partial charge on any atom is -0.238 e. The molecule has 2 nitrogen and oxygen atoms in total. The summed E-state index contributed by atoms with van der Waals surface area (Å²) in [6.45, 7) is 16.4. The van der Waals surface area contributed by atoms with Crippen LogP contribution in [0.2, 0.25) is 0 Å². The molecular weight excluding hydrogens is 542 g/mol. The Balaban J connectivity index is -0.000000245. The van der Waals surface area contributed by atoms with Gasteiger partial charge in [-0.2, -0.15) is 12.6 Å². The third kappa shape index (κ3) is 11.1. The molecule has 0 aromatic heterocycles. The van der Waals surface area contributed by atoms with E-state index >= 15 is 0 Å². The third-order valence-electron chi connectivity index (χ3n) is 3.15. The van der Waals surface area contributed by atoms with E-state index in [-0.39, 0.29) is 226 Å². The monoisotopic (exact) mass is 554 g/mol. The Bertz CT molecular complexity index is 739. The number of nitrogens with zero attached hydrogens (tertiary/aromatic N) is 2. The van der Waals surface area contributed by atoms with Crippen molar-refractivity contribution in [3.8, 4) is 11.1 Å². The first-order chi connectivity index (χ1) is 9.51. The smallest absolute Gasteiger partial charge is 0.200 e. The van der Waals surface area contributed by atoms with Crippen LogP contribution in [0.15, 0.2) is 29.2 Å². The summed E-state index contributed by atoms with van der Waals surface area (Å²) in [5, 5.41) is 1.97. The van der Waals surface area contributed by atoms with Crippen LogP contribution in [0.1, 0.15) is 5.56 Å². The summed E-state index contributed by atoms with van der Waals surface area (Å²) < 4.78 is 0. The fraction of sp³-hybridized carbons (Fsp3) is 0.0667. The van der Waals surface area contributed by atoms with Crippen LogP contribution in [0.5, 0.6) is 0 Å². The van der Waals surface area contributed by atoms with Crippen molar-refractivity contribution in [2.24, 2.45) is 0 Å². The zero-order chi connectivity index (χ0) is 14.9. The molecule has 0 aliphatic carbocycles. The van der Waals surface area contributed by atoms with Gasteiger partial charge in [0.25, 0.3) is 0 Å². The zero-order valence-corrected chi connectivity index (χ0v) is 20.4. The molecule has 146 valence electrons. The average Bonchev–Trinajstić information content (AvgIpc) is 2.42. The summed E-state index contributed by atoms with van der Waals surface area (Å²) in [7, 11) is 5.37. The molecule has 0 fully saturated rings. The van der Waals surface area contributed by atoms with Gasteiger partial charge in [0.05, 0.1) is 13.1 Å². The van der Waals surface area contributed by atoms with Crippen LogP contribution in [-0.4, -0.2) is 0 Å². The Kier molecular flexibility index (Phi) is 35.4. The molecule has 0 saturated heterocycles. The summed E-state index contributed by atoms with van der Waals surface area (Å²) in [6, 6.07) is 7.37. The summed E-state index contributed by atoms with van der Waals surface area (Å²) in [6.07, 6.45) is 0. The quantitative estimate of drug-likeness (QED) is 0.310. The van der Waals surface area contributed by atoms with E-state index in [0.717, 1.165) is 27.3 Å². The van der Waals surface area contributed by atoms with Crippen LogP contribution in [0.3, 0.4) is 0 Å². The molecule has 0 spiro atoms. The van der Waals surface area contributed by atoms with Crippen LogP contribution in [0.4, 0.5) is 11.4 Å². The molecule has 0 saturated carbocycles. The van der Waals surface area contributed by atoms with E-state index < -0.39 is 0 Å². The van der Waals surface area contributed by atoms with Gasteiger partial charge >= 0.3 is 0 Å². The van der Waals surface area contributed by atoms with Crippen LogP contribution in [-0.2, 0) is 0 Å². The fourth-order valence-corrected chi connectivity index (χ4v) is 3.45. The van der Waals surface area contributed by atoms with Gasteiger partial charge in [-0.25, -0.2) is 9.69 Å². The van der Waals surface area contributed by atoms with E-state index in [0.29, 0.717) is 16.3 Å². The van der Waals surface area contributed by atoms with Gasteiger partial charge in [-0.05, 0) is 34.2 Å². The minimum atomic E-state index is 0. The molecule has 0 radical (unpaired) electrons. The summed E-state index contributed by atoms with van der Waals surface area (Å²) in [5.74, 6) is 0. The number of benzene rings is 2.